The molecular weight excluding hydrogens is 182 g/mol. The molecule has 0 atom stereocenters. The number of hydrogen-bond donors (Lipinski definition) is 1. The Hall–Kier alpha value is -2.02. The van der Waals surface area contributed by atoms with E-state index in [1.807, 2.05) is 6.07 Å². The molecule has 0 bridgehead atoms. The van der Waals surface area contributed by atoms with E-state index in [-0.39, 0.29) is 13.0 Å². The van der Waals surface area contributed by atoms with Crippen LogP contribution in [-0.4, -0.2) is 17.7 Å². The van der Waals surface area contributed by atoms with Gasteiger partial charge in [-0.05, 0) is 6.07 Å². The normalized spacial score (nSPS) is 9.07. The van der Waals surface area contributed by atoms with E-state index in [2.05, 4.69) is 0 Å². The fourth-order valence-corrected chi connectivity index (χ4v) is 1.06. The summed E-state index contributed by atoms with van der Waals surface area (Å²) in [6, 6.07) is 8.61. The molecule has 0 radical (unpaired) electrons. The molecule has 0 saturated carbocycles. The minimum Gasteiger partial charge on any atom is -0.481 e. The van der Waals surface area contributed by atoms with Crippen molar-refractivity contribution in [2.24, 2.45) is 0 Å². The van der Waals surface area contributed by atoms with Crippen molar-refractivity contribution in [3.8, 4) is 11.8 Å². The molecule has 1 aromatic rings. The van der Waals surface area contributed by atoms with Gasteiger partial charge in [0.15, 0.2) is 6.61 Å². The molecule has 1 aromatic carbocycles. The number of rotatable bonds is 4. The minimum atomic E-state index is -0.919. The number of hydrogen-bond acceptors (Lipinski definition) is 3. The summed E-state index contributed by atoms with van der Waals surface area (Å²) in [5.41, 5.74) is 0.579. The molecule has 0 aliphatic heterocycles. The van der Waals surface area contributed by atoms with Crippen molar-refractivity contribution in [2.45, 2.75) is 6.42 Å². The van der Waals surface area contributed by atoms with Crippen LogP contribution in [-0.2, 0) is 11.2 Å². The van der Waals surface area contributed by atoms with E-state index in [1.54, 1.807) is 24.3 Å². The fourth-order valence-electron chi connectivity index (χ4n) is 1.06. The van der Waals surface area contributed by atoms with Gasteiger partial charge in [-0.25, -0.2) is 0 Å². The lowest BCUT2D eigenvalue weighted by Crippen LogP contribution is -2.03. The number of ether oxygens (including phenoxy) is 1. The van der Waals surface area contributed by atoms with Crippen LogP contribution in [0.2, 0.25) is 0 Å². The van der Waals surface area contributed by atoms with Gasteiger partial charge < -0.3 is 9.84 Å². The van der Waals surface area contributed by atoms with Crippen molar-refractivity contribution in [1.29, 1.82) is 5.26 Å². The Morgan fingerprint density at radius 1 is 1.50 bits per heavy atom. The van der Waals surface area contributed by atoms with Crippen LogP contribution in [0.5, 0.6) is 5.75 Å². The van der Waals surface area contributed by atoms with Crippen LogP contribution in [0, 0.1) is 11.3 Å². The summed E-state index contributed by atoms with van der Waals surface area (Å²) in [7, 11) is 0. The van der Waals surface area contributed by atoms with Gasteiger partial charge in [-0.3, -0.25) is 4.79 Å². The number of nitrogens with zero attached hydrogens (tertiary/aromatic N) is 1. The van der Waals surface area contributed by atoms with Gasteiger partial charge in [0.2, 0.25) is 0 Å². The summed E-state index contributed by atoms with van der Waals surface area (Å²) in [6.45, 7) is -0.0728. The third-order valence-corrected chi connectivity index (χ3v) is 1.61. The van der Waals surface area contributed by atoms with Gasteiger partial charge in [0.05, 0.1) is 6.42 Å². The van der Waals surface area contributed by atoms with Gasteiger partial charge in [-0.1, -0.05) is 18.2 Å². The van der Waals surface area contributed by atoms with Crippen LogP contribution in [0.25, 0.3) is 0 Å². The Kier molecular flexibility index (Phi) is 3.50. The van der Waals surface area contributed by atoms with Crippen molar-refractivity contribution in [2.75, 3.05) is 6.61 Å². The number of benzene rings is 1. The first kappa shape index (κ1) is 10.1. The summed E-state index contributed by atoms with van der Waals surface area (Å²) in [5.74, 6) is -0.463. The fraction of sp³-hybridized carbons (Fsp3) is 0.200. The summed E-state index contributed by atoms with van der Waals surface area (Å²) >= 11 is 0. The Balaban J connectivity index is 2.81. The number of carbonyl (C=O) groups is 1. The second-order valence-corrected chi connectivity index (χ2v) is 2.63. The summed E-state index contributed by atoms with van der Waals surface area (Å²) in [4.78, 5) is 10.5. The van der Waals surface area contributed by atoms with E-state index in [4.69, 9.17) is 15.1 Å². The number of nitriles is 1. The van der Waals surface area contributed by atoms with Gasteiger partial charge in [-0.15, -0.1) is 0 Å². The highest BCUT2D eigenvalue weighted by atomic mass is 16.5. The van der Waals surface area contributed by atoms with E-state index in [9.17, 15) is 4.79 Å². The third kappa shape index (κ3) is 2.79. The van der Waals surface area contributed by atoms with Crippen LogP contribution >= 0.6 is 0 Å². The third-order valence-electron chi connectivity index (χ3n) is 1.61. The van der Waals surface area contributed by atoms with Crippen molar-refractivity contribution >= 4 is 5.97 Å². The average molecular weight is 191 g/mol. The monoisotopic (exact) mass is 191 g/mol. The van der Waals surface area contributed by atoms with Gasteiger partial charge in [0, 0.05) is 5.56 Å². The second kappa shape index (κ2) is 4.87. The molecule has 4 heteroatoms. The number of carboxylic acids is 1. The van der Waals surface area contributed by atoms with Crippen LogP contribution in [0.1, 0.15) is 5.56 Å². The quantitative estimate of drug-likeness (QED) is 0.776. The van der Waals surface area contributed by atoms with Crippen LogP contribution < -0.4 is 4.74 Å². The molecule has 1 rings (SSSR count). The van der Waals surface area contributed by atoms with Crippen molar-refractivity contribution in [1.82, 2.24) is 0 Å². The molecule has 0 fully saturated rings. The van der Waals surface area contributed by atoms with Gasteiger partial charge in [0.1, 0.15) is 11.8 Å². The first-order chi connectivity index (χ1) is 6.74. The molecule has 0 saturated heterocycles. The molecule has 0 aromatic heterocycles. The number of carboxylic acid groups (broad SMARTS) is 1. The van der Waals surface area contributed by atoms with Crippen molar-refractivity contribution < 1.29 is 14.6 Å². The lowest BCUT2D eigenvalue weighted by molar-refractivity contribution is -0.136. The molecule has 0 aliphatic carbocycles. The molecule has 0 amide bonds. The molecule has 72 valence electrons. The van der Waals surface area contributed by atoms with Gasteiger partial charge >= 0.3 is 5.97 Å². The number of aliphatic carboxylic acids is 1. The first-order valence-electron chi connectivity index (χ1n) is 4.03. The van der Waals surface area contributed by atoms with E-state index in [0.29, 0.717) is 11.3 Å². The molecule has 4 nitrogen and oxygen atoms in total. The molecule has 1 N–H and O–H groups in total. The Morgan fingerprint density at radius 2 is 2.21 bits per heavy atom. The smallest absolute Gasteiger partial charge is 0.307 e. The first-order valence-corrected chi connectivity index (χ1v) is 4.03. The van der Waals surface area contributed by atoms with Crippen molar-refractivity contribution in [3.05, 3.63) is 29.8 Å². The van der Waals surface area contributed by atoms with E-state index >= 15 is 0 Å². The summed E-state index contributed by atoms with van der Waals surface area (Å²) in [6.07, 6.45) is -0.0956. The lowest BCUT2D eigenvalue weighted by atomic mass is 10.1. The average Bonchev–Trinajstić information content (AvgIpc) is 2.16. The maximum Gasteiger partial charge on any atom is 0.307 e. The Labute approximate surface area is 81.4 Å². The van der Waals surface area contributed by atoms with E-state index in [1.165, 1.54) is 0 Å². The van der Waals surface area contributed by atoms with Crippen LogP contribution in [0.15, 0.2) is 24.3 Å². The molecule has 0 heterocycles. The highest BCUT2D eigenvalue weighted by Gasteiger charge is 2.06. The minimum absolute atomic E-state index is 0.0728. The summed E-state index contributed by atoms with van der Waals surface area (Å²) < 4.78 is 5.06. The summed E-state index contributed by atoms with van der Waals surface area (Å²) in [5, 5.41) is 16.9. The zero-order valence-electron chi connectivity index (χ0n) is 7.43. The zero-order chi connectivity index (χ0) is 10.4. The molecule has 14 heavy (non-hydrogen) atoms. The Bertz CT molecular complexity index is 368. The predicted octanol–water partition coefficient (Wildman–Crippen LogP) is 1.22. The van der Waals surface area contributed by atoms with Crippen molar-refractivity contribution in [3.63, 3.8) is 0 Å². The van der Waals surface area contributed by atoms with Crippen LogP contribution in [0.3, 0.4) is 0 Å². The number of para-hydroxylation sites is 1. The zero-order valence-corrected chi connectivity index (χ0v) is 7.43. The highest BCUT2D eigenvalue weighted by molar-refractivity contribution is 5.71. The molecule has 0 aliphatic rings. The van der Waals surface area contributed by atoms with Gasteiger partial charge in [-0.2, -0.15) is 5.26 Å². The maximum absolute atomic E-state index is 10.5. The SMILES string of the molecule is N#CCOc1ccccc1CC(=O)O. The topological polar surface area (TPSA) is 70.3 Å². The lowest BCUT2D eigenvalue weighted by Gasteiger charge is -2.06. The largest absolute Gasteiger partial charge is 0.481 e. The molecule has 0 spiro atoms. The standard InChI is InChI=1S/C10H9NO3/c11-5-6-14-9-4-2-1-3-8(9)7-10(12)13/h1-4H,6-7H2,(H,12,13). The predicted molar refractivity (Wildman–Crippen MR) is 48.9 cm³/mol. The Morgan fingerprint density at radius 3 is 2.86 bits per heavy atom. The van der Waals surface area contributed by atoms with Crippen LogP contribution in [0.4, 0.5) is 0 Å². The molecule has 0 unspecified atom stereocenters. The second-order valence-electron chi connectivity index (χ2n) is 2.63. The molecular formula is C10H9NO3. The maximum atomic E-state index is 10.5. The van der Waals surface area contributed by atoms with E-state index in [0.717, 1.165) is 0 Å². The van der Waals surface area contributed by atoms with Gasteiger partial charge in [0.25, 0.3) is 0 Å². The highest BCUT2D eigenvalue weighted by Crippen LogP contribution is 2.18. The van der Waals surface area contributed by atoms with E-state index < -0.39 is 5.97 Å².